The van der Waals surface area contributed by atoms with E-state index in [4.69, 9.17) is 5.11 Å². The Balaban J connectivity index is 1.45. The number of thiazole rings is 1. The van der Waals surface area contributed by atoms with Crippen LogP contribution in [0.5, 0.6) is 5.75 Å². The second-order valence-corrected chi connectivity index (χ2v) is 10.9. The Labute approximate surface area is 184 Å². The van der Waals surface area contributed by atoms with E-state index in [0.29, 0.717) is 0 Å². The summed E-state index contributed by atoms with van der Waals surface area (Å²) < 4.78 is 0. The standard InChI is InChI=1S/C21H18N2O6S2/c24-8-3-1-7(2-4-8)12-13-9-5-10(16(13)30-18-17(12)31-21(29)22-18)15-14(9)19(27)23(20(15)28)6-11(25)26/h1-4,9-10,12-16,24H,5-6H2,(H,22,29)(H,25,26)/t9-,10+,12-,13+,14+,15+,16+/m0/s1. The van der Waals surface area contributed by atoms with Gasteiger partial charge in [0.05, 0.1) is 16.9 Å². The third kappa shape index (κ3) is 2.54. The van der Waals surface area contributed by atoms with Crippen molar-refractivity contribution >= 4 is 40.9 Å². The lowest BCUT2D eigenvalue weighted by molar-refractivity contribution is -0.149. The molecule has 2 aromatic rings. The highest BCUT2D eigenvalue weighted by molar-refractivity contribution is 8.00. The lowest BCUT2D eigenvalue weighted by Crippen LogP contribution is -2.42. The number of hydrogen-bond donors (Lipinski definition) is 3. The lowest BCUT2D eigenvalue weighted by atomic mass is 9.68. The van der Waals surface area contributed by atoms with Crippen LogP contribution in [0.25, 0.3) is 0 Å². The molecule has 1 aromatic heterocycles. The molecule has 2 saturated carbocycles. The molecule has 31 heavy (non-hydrogen) atoms. The van der Waals surface area contributed by atoms with E-state index in [1.807, 2.05) is 12.1 Å². The molecular formula is C21H18N2O6S2. The number of fused-ring (bicyclic) bond motifs is 9. The fourth-order valence-corrected chi connectivity index (χ4v) is 9.31. The number of phenols is 1. The summed E-state index contributed by atoms with van der Waals surface area (Å²) in [5.41, 5.74) is 0.966. The first-order valence-electron chi connectivity index (χ1n) is 10.1. The largest absolute Gasteiger partial charge is 0.508 e. The van der Waals surface area contributed by atoms with Gasteiger partial charge in [0.1, 0.15) is 12.3 Å². The molecule has 1 saturated heterocycles. The maximum Gasteiger partial charge on any atom is 0.323 e. The smallest absolute Gasteiger partial charge is 0.323 e. The van der Waals surface area contributed by atoms with Crippen LogP contribution in [-0.4, -0.2) is 49.7 Å². The van der Waals surface area contributed by atoms with Gasteiger partial charge in [0.2, 0.25) is 11.8 Å². The molecule has 1 aromatic carbocycles. The second kappa shape index (κ2) is 6.46. The number of aromatic nitrogens is 1. The van der Waals surface area contributed by atoms with E-state index < -0.39 is 24.3 Å². The number of nitrogens with one attached hydrogen (secondary N) is 1. The van der Waals surface area contributed by atoms with Crippen LogP contribution < -0.4 is 4.87 Å². The molecule has 2 aliphatic carbocycles. The van der Waals surface area contributed by atoms with Gasteiger partial charge in [-0.2, -0.15) is 0 Å². The predicted molar refractivity (Wildman–Crippen MR) is 111 cm³/mol. The molecular weight excluding hydrogens is 440 g/mol. The number of hydrogen-bond acceptors (Lipinski definition) is 7. The second-order valence-electron chi connectivity index (χ2n) is 8.71. The molecule has 3 N–H and O–H groups in total. The van der Waals surface area contributed by atoms with Crippen molar-refractivity contribution < 1.29 is 24.6 Å². The Bertz CT molecular complexity index is 1190. The Hall–Kier alpha value is -2.59. The zero-order chi connectivity index (χ0) is 21.6. The molecule has 6 rings (SSSR count). The predicted octanol–water partition coefficient (Wildman–Crippen LogP) is 1.70. The fourth-order valence-electron chi connectivity index (χ4n) is 6.42. The number of aromatic amines is 1. The zero-order valence-corrected chi connectivity index (χ0v) is 17.7. The topological polar surface area (TPSA) is 128 Å². The number of carboxylic acid groups (broad SMARTS) is 1. The highest BCUT2D eigenvalue weighted by Gasteiger charge is 2.69. The summed E-state index contributed by atoms with van der Waals surface area (Å²) in [7, 11) is 0. The molecule has 160 valence electrons. The number of H-pyrrole nitrogens is 1. The molecule has 2 bridgehead atoms. The number of imide groups is 1. The summed E-state index contributed by atoms with van der Waals surface area (Å²) in [6.07, 6.45) is 0.754. The molecule has 0 unspecified atom stereocenters. The number of carboxylic acids is 1. The first-order chi connectivity index (χ1) is 14.8. The first-order valence-corrected chi connectivity index (χ1v) is 11.8. The maximum absolute atomic E-state index is 13.1. The Morgan fingerprint density at radius 2 is 1.77 bits per heavy atom. The summed E-state index contributed by atoms with van der Waals surface area (Å²) in [5, 5.41) is 19.8. The van der Waals surface area contributed by atoms with E-state index in [-0.39, 0.29) is 51.4 Å². The lowest BCUT2D eigenvalue weighted by Gasteiger charge is -2.43. The van der Waals surface area contributed by atoms with Crippen molar-refractivity contribution in [1.82, 2.24) is 9.88 Å². The van der Waals surface area contributed by atoms with E-state index in [1.165, 1.54) is 11.3 Å². The van der Waals surface area contributed by atoms with Crippen LogP contribution in [0.15, 0.2) is 34.1 Å². The summed E-state index contributed by atoms with van der Waals surface area (Å²) in [6, 6.07) is 6.94. The van der Waals surface area contributed by atoms with E-state index in [2.05, 4.69) is 4.98 Å². The van der Waals surface area contributed by atoms with Crippen LogP contribution in [0.2, 0.25) is 0 Å². The molecule has 0 radical (unpaired) electrons. The van der Waals surface area contributed by atoms with Crippen molar-refractivity contribution in [3.63, 3.8) is 0 Å². The molecule has 7 atom stereocenters. The minimum atomic E-state index is -1.19. The zero-order valence-electron chi connectivity index (χ0n) is 16.1. The van der Waals surface area contributed by atoms with E-state index in [1.54, 1.807) is 23.9 Å². The number of benzene rings is 1. The van der Waals surface area contributed by atoms with Crippen LogP contribution in [0.3, 0.4) is 0 Å². The van der Waals surface area contributed by atoms with Gasteiger partial charge in [0.15, 0.2) is 0 Å². The third-order valence-electron chi connectivity index (χ3n) is 7.36. The number of likely N-dealkylation sites (tertiary alicyclic amines) is 1. The molecule has 2 amide bonds. The van der Waals surface area contributed by atoms with Gasteiger partial charge in [-0.3, -0.25) is 24.1 Å². The third-order valence-corrected chi connectivity index (χ3v) is 9.95. The fraction of sp³-hybridized carbons (Fsp3) is 0.429. The van der Waals surface area contributed by atoms with Crippen LogP contribution in [-0.2, 0) is 14.4 Å². The first kappa shape index (κ1) is 19.1. The maximum atomic E-state index is 13.1. The van der Waals surface area contributed by atoms with Gasteiger partial charge < -0.3 is 15.2 Å². The number of aromatic hydroxyl groups is 1. The number of aliphatic carboxylic acids is 1. The summed E-state index contributed by atoms with van der Waals surface area (Å²) in [6.45, 7) is -0.589. The van der Waals surface area contributed by atoms with E-state index in [0.717, 1.165) is 26.8 Å². The average Bonchev–Trinajstić information content (AvgIpc) is 3.44. The quantitative estimate of drug-likeness (QED) is 0.597. The van der Waals surface area contributed by atoms with Gasteiger partial charge >= 0.3 is 10.8 Å². The van der Waals surface area contributed by atoms with Crippen LogP contribution in [0.1, 0.15) is 22.8 Å². The van der Waals surface area contributed by atoms with Gasteiger partial charge in [0.25, 0.3) is 0 Å². The van der Waals surface area contributed by atoms with Gasteiger partial charge in [-0.1, -0.05) is 23.5 Å². The molecule has 3 heterocycles. The number of thioether (sulfide) groups is 1. The normalized spacial score (nSPS) is 35.2. The molecule has 10 heteroatoms. The number of carbonyl (C=O) groups excluding carboxylic acids is 2. The highest BCUT2D eigenvalue weighted by Crippen LogP contribution is 2.68. The van der Waals surface area contributed by atoms with Crippen molar-refractivity contribution in [3.05, 3.63) is 44.4 Å². The van der Waals surface area contributed by atoms with E-state index in [9.17, 15) is 24.3 Å². The molecule has 3 fully saturated rings. The van der Waals surface area contributed by atoms with Crippen LogP contribution in [0, 0.1) is 29.6 Å². The molecule has 4 aliphatic rings. The average molecular weight is 459 g/mol. The van der Waals surface area contributed by atoms with Gasteiger partial charge in [-0.05, 0) is 41.9 Å². The number of amides is 2. The van der Waals surface area contributed by atoms with Crippen molar-refractivity contribution in [2.45, 2.75) is 22.6 Å². The number of rotatable bonds is 3. The molecule has 2 aliphatic heterocycles. The summed E-state index contributed by atoms with van der Waals surface area (Å²) >= 11 is 2.76. The van der Waals surface area contributed by atoms with Crippen LogP contribution in [0.4, 0.5) is 0 Å². The SMILES string of the molecule is O=C(O)CN1C(=O)[C@@H]2[C@H]3C[C@@H]([C@H]4Sc5[nH]c(=O)sc5[C@@H](c5ccc(O)cc5)[C@@H]34)[C@H]2C1=O. The minimum absolute atomic E-state index is 0.0311. The Kier molecular flexibility index (Phi) is 3.98. The number of phenolic OH excluding ortho intramolecular Hbond substituents is 1. The van der Waals surface area contributed by atoms with Gasteiger partial charge in [-0.15, -0.1) is 11.8 Å². The van der Waals surface area contributed by atoms with E-state index >= 15 is 0 Å². The summed E-state index contributed by atoms with van der Waals surface area (Å²) in [5.74, 6) is -2.87. The molecule has 0 spiro atoms. The van der Waals surface area contributed by atoms with Crippen molar-refractivity contribution in [2.75, 3.05) is 6.54 Å². The monoisotopic (exact) mass is 458 g/mol. The highest BCUT2D eigenvalue weighted by atomic mass is 32.2. The van der Waals surface area contributed by atoms with Crippen molar-refractivity contribution in [1.29, 1.82) is 0 Å². The number of nitrogens with zero attached hydrogens (tertiary/aromatic N) is 1. The van der Waals surface area contributed by atoms with Crippen molar-refractivity contribution in [3.8, 4) is 5.75 Å². The minimum Gasteiger partial charge on any atom is -0.508 e. The van der Waals surface area contributed by atoms with Gasteiger partial charge in [-0.25, -0.2) is 0 Å². The Morgan fingerprint density at radius 1 is 1.10 bits per heavy atom. The molecule has 8 nitrogen and oxygen atoms in total. The van der Waals surface area contributed by atoms with Crippen molar-refractivity contribution in [2.24, 2.45) is 29.6 Å². The summed E-state index contributed by atoms with van der Waals surface area (Å²) in [4.78, 5) is 54.1. The van der Waals surface area contributed by atoms with Crippen LogP contribution >= 0.6 is 23.1 Å². The van der Waals surface area contributed by atoms with Gasteiger partial charge in [0, 0.05) is 16.0 Å². The Morgan fingerprint density at radius 3 is 2.45 bits per heavy atom. The number of carbonyl (C=O) groups is 3.